The van der Waals surface area contributed by atoms with Crippen LogP contribution >= 0.6 is 23.2 Å². The third kappa shape index (κ3) is 4.86. The fourth-order valence-electron chi connectivity index (χ4n) is 1.27. The van der Waals surface area contributed by atoms with Crippen molar-refractivity contribution in [3.63, 3.8) is 0 Å². The molecule has 19 heavy (non-hydrogen) atoms. The van der Waals surface area contributed by atoms with E-state index in [0.29, 0.717) is 15.6 Å². The van der Waals surface area contributed by atoms with Gasteiger partial charge in [-0.05, 0) is 44.5 Å². The fourth-order valence-corrected chi connectivity index (χ4v) is 1.74. The van der Waals surface area contributed by atoms with E-state index in [4.69, 9.17) is 23.2 Å². The van der Waals surface area contributed by atoms with Gasteiger partial charge in [0.05, 0.1) is 11.6 Å². The van der Waals surface area contributed by atoms with Gasteiger partial charge >= 0.3 is 0 Å². The SMILES string of the molecule is CC(O)C(C)(C)NC(=O)/C=C/c1ccc(Cl)cc1Cl. The smallest absolute Gasteiger partial charge is 0.244 e. The Hall–Kier alpha value is -1.03. The van der Waals surface area contributed by atoms with Gasteiger partial charge in [0.25, 0.3) is 0 Å². The molecule has 0 heterocycles. The van der Waals surface area contributed by atoms with Crippen LogP contribution in [0.3, 0.4) is 0 Å². The van der Waals surface area contributed by atoms with Crippen molar-refractivity contribution in [1.29, 1.82) is 0 Å². The predicted molar refractivity (Wildman–Crippen MR) is 79.4 cm³/mol. The molecule has 1 aromatic carbocycles. The number of benzene rings is 1. The van der Waals surface area contributed by atoms with Gasteiger partial charge in [0.2, 0.25) is 5.91 Å². The molecule has 1 amide bonds. The summed E-state index contributed by atoms with van der Waals surface area (Å²) < 4.78 is 0. The maximum Gasteiger partial charge on any atom is 0.244 e. The highest BCUT2D eigenvalue weighted by Gasteiger charge is 2.24. The number of hydrogen-bond donors (Lipinski definition) is 2. The van der Waals surface area contributed by atoms with Crippen LogP contribution in [0.15, 0.2) is 24.3 Å². The van der Waals surface area contributed by atoms with E-state index >= 15 is 0 Å². The minimum absolute atomic E-state index is 0.295. The van der Waals surface area contributed by atoms with Crippen LogP contribution < -0.4 is 5.32 Å². The van der Waals surface area contributed by atoms with Crippen molar-refractivity contribution in [2.75, 3.05) is 0 Å². The monoisotopic (exact) mass is 301 g/mol. The Bertz CT molecular complexity index is 496. The Morgan fingerprint density at radius 1 is 1.42 bits per heavy atom. The van der Waals surface area contributed by atoms with E-state index in [1.807, 2.05) is 0 Å². The van der Waals surface area contributed by atoms with Crippen molar-refractivity contribution < 1.29 is 9.90 Å². The van der Waals surface area contributed by atoms with Crippen molar-refractivity contribution in [2.45, 2.75) is 32.4 Å². The van der Waals surface area contributed by atoms with Crippen LogP contribution in [0.1, 0.15) is 26.3 Å². The van der Waals surface area contributed by atoms with Gasteiger partial charge in [0.15, 0.2) is 0 Å². The van der Waals surface area contributed by atoms with E-state index in [1.165, 1.54) is 6.08 Å². The number of carbonyl (C=O) groups excluding carboxylic acids is 1. The highest BCUT2D eigenvalue weighted by Crippen LogP contribution is 2.22. The number of aliphatic hydroxyl groups is 1. The van der Waals surface area contributed by atoms with Crippen molar-refractivity contribution in [3.8, 4) is 0 Å². The first-order chi connectivity index (χ1) is 8.72. The Balaban J connectivity index is 2.74. The van der Waals surface area contributed by atoms with Gasteiger partial charge < -0.3 is 10.4 Å². The van der Waals surface area contributed by atoms with E-state index in [1.54, 1.807) is 45.0 Å². The fraction of sp³-hybridized carbons (Fsp3) is 0.357. The van der Waals surface area contributed by atoms with Crippen molar-refractivity contribution >= 4 is 35.2 Å². The zero-order valence-corrected chi connectivity index (χ0v) is 12.6. The van der Waals surface area contributed by atoms with E-state index in [9.17, 15) is 9.90 Å². The minimum Gasteiger partial charge on any atom is -0.391 e. The minimum atomic E-state index is -0.689. The van der Waals surface area contributed by atoms with Crippen LogP contribution in [0, 0.1) is 0 Å². The molecule has 3 nitrogen and oxygen atoms in total. The lowest BCUT2D eigenvalue weighted by Crippen LogP contribution is -2.50. The Morgan fingerprint density at radius 3 is 2.58 bits per heavy atom. The molecule has 0 saturated carbocycles. The zero-order valence-electron chi connectivity index (χ0n) is 11.1. The third-order valence-electron chi connectivity index (χ3n) is 2.87. The number of aliphatic hydroxyl groups excluding tert-OH is 1. The maximum absolute atomic E-state index is 11.7. The van der Waals surface area contributed by atoms with Gasteiger partial charge in [-0.25, -0.2) is 0 Å². The maximum atomic E-state index is 11.7. The molecule has 1 atom stereocenters. The molecule has 104 valence electrons. The van der Waals surface area contributed by atoms with E-state index in [2.05, 4.69) is 5.32 Å². The molecular weight excluding hydrogens is 285 g/mol. The number of nitrogens with one attached hydrogen (secondary N) is 1. The second-order valence-corrected chi connectivity index (χ2v) is 5.73. The highest BCUT2D eigenvalue weighted by molar-refractivity contribution is 6.35. The third-order valence-corrected chi connectivity index (χ3v) is 3.43. The van der Waals surface area contributed by atoms with Gasteiger partial charge in [0, 0.05) is 16.1 Å². The first-order valence-corrected chi connectivity index (χ1v) is 6.61. The average molecular weight is 302 g/mol. The van der Waals surface area contributed by atoms with Crippen molar-refractivity contribution in [1.82, 2.24) is 5.32 Å². The quantitative estimate of drug-likeness (QED) is 0.839. The number of rotatable bonds is 4. The molecule has 0 fully saturated rings. The molecule has 0 spiro atoms. The summed E-state index contributed by atoms with van der Waals surface area (Å²) >= 11 is 11.8. The normalized spacial score (nSPS) is 13.6. The number of hydrogen-bond acceptors (Lipinski definition) is 2. The van der Waals surface area contributed by atoms with Crippen LogP contribution in [0.5, 0.6) is 0 Å². The van der Waals surface area contributed by atoms with Gasteiger partial charge in [-0.3, -0.25) is 4.79 Å². The molecule has 5 heteroatoms. The molecule has 0 aliphatic rings. The van der Waals surface area contributed by atoms with Gasteiger partial charge in [-0.15, -0.1) is 0 Å². The van der Waals surface area contributed by atoms with Crippen LogP contribution in [-0.4, -0.2) is 22.7 Å². The first-order valence-electron chi connectivity index (χ1n) is 5.86. The lowest BCUT2D eigenvalue weighted by Gasteiger charge is -2.28. The largest absolute Gasteiger partial charge is 0.391 e. The number of carbonyl (C=O) groups is 1. The molecule has 1 aromatic rings. The van der Waals surface area contributed by atoms with Crippen LogP contribution in [-0.2, 0) is 4.79 Å². The molecule has 0 aliphatic carbocycles. The van der Waals surface area contributed by atoms with Crippen LogP contribution in [0.4, 0.5) is 0 Å². The molecule has 0 saturated heterocycles. The lowest BCUT2D eigenvalue weighted by molar-refractivity contribution is -0.119. The standard InChI is InChI=1S/C14H17Cl2NO2/c1-9(18)14(2,3)17-13(19)7-5-10-4-6-11(15)8-12(10)16/h4-9,18H,1-3H3,(H,17,19)/b7-5+. The van der Waals surface area contributed by atoms with Crippen LogP contribution in [0.25, 0.3) is 6.08 Å². The van der Waals surface area contributed by atoms with Gasteiger partial charge in [-0.2, -0.15) is 0 Å². The Labute approximate surface area is 123 Å². The second kappa shape index (κ2) is 6.42. The number of halogens is 2. The summed E-state index contributed by atoms with van der Waals surface area (Å²) in [5, 5.41) is 13.2. The summed E-state index contributed by atoms with van der Waals surface area (Å²) in [5.41, 5.74) is 0.0154. The molecule has 0 aromatic heterocycles. The molecule has 0 radical (unpaired) electrons. The lowest BCUT2D eigenvalue weighted by atomic mass is 9.99. The molecule has 1 unspecified atom stereocenters. The van der Waals surface area contributed by atoms with E-state index < -0.39 is 11.6 Å². The molecule has 1 rings (SSSR count). The molecular formula is C14H17Cl2NO2. The summed E-state index contributed by atoms with van der Waals surface area (Å²) in [4.78, 5) is 11.7. The van der Waals surface area contributed by atoms with Crippen LogP contribution in [0.2, 0.25) is 10.0 Å². The van der Waals surface area contributed by atoms with Crippen molar-refractivity contribution in [3.05, 3.63) is 39.9 Å². The zero-order chi connectivity index (χ0) is 14.6. The average Bonchev–Trinajstić information content (AvgIpc) is 2.27. The second-order valence-electron chi connectivity index (χ2n) is 4.89. The Kier molecular flexibility index (Phi) is 5.41. The molecule has 0 aliphatic heterocycles. The summed E-state index contributed by atoms with van der Waals surface area (Å²) in [6.45, 7) is 5.12. The molecule has 2 N–H and O–H groups in total. The van der Waals surface area contributed by atoms with Gasteiger partial charge in [0.1, 0.15) is 0 Å². The van der Waals surface area contributed by atoms with E-state index in [-0.39, 0.29) is 5.91 Å². The number of amides is 1. The van der Waals surface area contributed by atoms with Gasteiger partial charge in [-0.1, -0.05) is 29.3 Å². The van der Waals surface area contributed by atoms with Crippen molar-refractivity contribution in [2.24, 2.45) is 0 Å². The first kappa shape index (κ1) is 16.0. The predicted octanol–water partition coefficient (Wildman–Crippen LogP) is 3.28. The summed E-state index contributed by atoms with van der Waals surface area (Å²) in [6, 6.07) is 5.04. The summed E-state index contributed by atoms with van der Waals surface area (Å²) in [5.74, 6) is -0.295. The molecule has 0 bridgehead atoms. The Morgan fingerprint density at radius 2 is 2.05 bits per heavy atom. The van der Waals surface area contributed by atoms with E-state index in [0.717, 1.165) is 0 Å². The topological polar surface area (TPSA) is 49.3 Å². The highest BCUT2D eigenvalue weighted by atomic mass is 35.5. The summed E-state index contributed by atoms with van der Waals surface area (Å²) in [7, 11) is 0. The summed E-state index contributed by atoms with van der Waals surface area (Å²) in [6.07, 6.45) is 2.33.